The summed E-state index contributed by atoms with van der Waals surface area (Å²) in [5.41, 5.74) is -0.679. The van der Waals surface area contributed by atoms with Gasteiger partial charge in [0.25, 0.3) is 0 Å². The fourth-order valence-electron chi connectivity index (χ4n) is 3.67. The van der Waals surface area contributed by atoms with E-state index in [1.54, 1.807) is 0 Å². The molecule has 168 valence electrons. The molecule has 0 aliphatic heterocycles. The Bertz CT molecular complexity index is 339. The van der Waals surface area contributed by atoms with Crippen molar-refractivity contribution in [3.8, 4) is 0 Å². The third-order valence-corrected chi connectivity index (χ3v) is 5.81. The van der Waals surface area contributed by atoms with Crippen LogP contribution < -0.4 is 0 Å². The van der Waals surface area contributed by atoms with Gasteiger partial charge in [-0.15, -0.1) is 0 Å². The van der Waals surface area contributed by atoms with E-state index in [-0.39, 0.29) is 25.8 Å². The normalized spacial score (nSPS) is 11.7. The van der Waals surface area contributed by atoms with Gasteiger partial charge in [0.2, 0.25) is 0 Å². The molecule has 0 spiro atoms. The Labute approximate surface area is 174 Å². The lowest BCUT2D eigenvalue weighted by molar-refractivity contribution is -0.147. The van der Waals surface area contributed by atoms with Crippen LogP contribution in [0, 0.1) is 5.41 Å². The predicted molar refractivity (Wildman–Crippen MR) is 117 cm³/mol. The van der Waals surface area contributed by atoms with Crippen LogP contribution in [-0.2, 0) is 9.53 Å². The number of hydrogen-bond acceptors (Lipinski definition) is 4. The van der Waals surface area contributed by atoms with E-state index in [1.165, 1.54) is 96.8 Å². The maximum Gasteiger partial charge on any atom is 0.302 e. The summed E-state index contributed by atoms with van der Waals surface area (Å²) in [6.07, 6.45) is 21.9. The second-order valence-corrected chi connectivity index (χ2v) is 8.65. The van der Waals surface area contributed by atoms with Crippen LogP contribution in [0.2, 0.25) is 0 Å². The van der Waals surface area contributed by atoms with Gasteiger partial charge in [0, 0.05) is 6.92 Å². The van der Waals surface area contributed by atoms with E-state index in [9.17, 15) is 15.0 Å². The minimum Gasteiger partial charge on any atom is -0.465 e. The number of esters is 1. The quantitative estimate of drug-likeness (QED) is 0.178. The molecule has 0 bridgehead atoms. The Morgan fingerprint density at radius 3 is 1.36 bits per heavy atom. The van der Waals surface area contributed by atoms with Crippen molar-refractivity contribution >= 4 is 5.97 Å². The van der Waals surface area contributed by atoms with Crippen LogP contribution in [0.4, 0.5) is 0 Å². The fraction of sp³-hybridized carbons (Fsp3) is 0.958. The second kappa shape index (κ2) is 19.7. The van der Waals surface area contributed by atoms with Gasteiger partial charge in [-0.1, -0.05) is 110 Å². The number of carbonyl (C=O) groups is 1. The highest BCUT2D eigenvalue weighted by molar-refractivity contribution is 5.65. The van der Waals surface area contributed by atoms with Crippen LogP contribution in [0.3, 0.4) is 0 Å². The summed E-state index contributed by atoms with van der Waals surface area (Å²) in [6, 6.07) is 0. The average molecular weight is 401 g/mol. The van der Waals surface area contributed by atoms with E-state index in [4.69, 9.17) is 4.74 Å². The Hall–Kier alpha value is -0.610. The van der Waals surface area contributed by atoms with Gasteiger partial charge in [-0.3, -0.25) is 4.79 Å². The molecule has 0 heterocycles. The molecule has 0 amide bonds. The summed E-state index contributed by atoms with van der Waals surface area (Å²) >= 11 is 0. The maximum absolute atomic E-state index is 11.0. The second-order valence-electron chi connectivity index (χ2n) is 8.65. The van der Waals surface area contributed by atoms with Crippen LogP contribution in [0.25, 0.3) is 0 Å². The van der Waals surface area contributed by atoms with Gasteiger partial charge in [0.1, 0.15) is 6.61 Å². The monoisotopic (exact) mass is 400 g/mol. The van der Waals surface area contributed by atoms with Gasteiger partial charge in [0.05, 0.1) is 18.6 Å². The first-order chi connectivity index (χ1) is 13.6. The zero-order chi connectivity index (χ0) is 20.9. The lowest BCUT2D eigenvalue weighted by atomic mass is 9.85. The number of rotatable bonds is 21. The summed E-state index contributed by atoms with van der Waals surface area (Å²) in [4.78, 5) is 11.0. The van der Waals surface area contributed by atoms with Crippen molar-refractivity contribution < 1.29 is 19.7 Å². The molecular formula is C24H48O4. The van der Waals surface area contributed by atoms with Crippen LogP contribution in [0.5, 0.6) is 0 Å². The van der Waals surface area contributed by atoms with Gasteiger partial charge >= 0.3 is 5.97 Å². The zero-order valence-corrected chi connectivity index (χ0v) is 18.9. The largest absolute Gasteiger partial charge is 0.465 e. The highest BCUT2D eigenvalue weighted by Gasteiger charge is 2.29. The van der Waals surface area contributed by atoms with Crippen LogP contribution in [0.15, 0.2) is 0 Å². The van der Waals surface area contributed by atoms with E-state index in [2.05, 4.69) is 6.92 Å². The van der Waals surface area contributed by atoms with Crippen molar-refractivity contribution in [2.24, 2.45) is 5.41 Å². The molecule has 0 saturated heterocycles. The van der Waals surface area contributed by atoms with Crippen molar-refractivity contribution in [1.82, 2.24) is 0 Å². The molecule has 28 heavy (non-hydrogen) atoms. The molecular weight excluding hydrogens is 352 g/mol. The van der Waals surface area contributed by atoms with Crippen molar-refractivity contribution in [3.63, 3.8) is 0 Å². The van der Waals surface area contributed by atoms with Crippen molar-refractivity contribution in [2.75, 3.05) is 19.8 Å². The molecule has 0 radical (unpaired) electrons. The predicted octanol–water partition coefficient (Wildman–Crippen LogP) is 6.17. The molecule has 0 fully saturated rings. The molecule has 0 aromatic carbocycles. The summed E-state index contributed by atoms with van der Waals surface area (Å²) in [7, 11) is 0. The Kier molecular flexibility index (Phi) is 19.3. The van der Waals surface area contributed by atoms with E-state index in [1.807, 2.05) is 0 Å². The van der Waals surface area contributed by atoms with Gasteiger partial charge in [-0.25, -0.2) is 0 Å². The zero-order valence-electron chi connectivity index (χ0n) is 18.9. The molecule has 0 aliphatic carbocycles. The highest BCUT2D eigenvalue weighted by atomic mass is 16.5. The number of hydrogen-bond donors (Lipinski definition) is 2. The van der Waals surface area contributed by atoms with Gasteiger partial charge in [-0.2, -0.15) is 0 Å². The smallest absolute Gasteiger partial charge is 0.302 e. The first kappa shape index (κ1) is 27.4. The third-order valence-electron chi connectivity index (χ3n) is 5.81. The Morgan fingerprint density at radius 1 is 0.679 bits per heavy atom. The summed E-state index contributed by atoms with van der Waals surface area (Å²) < 4.78 is 5.01. The number of aliphatic hydroxyl groups excluding tert-OH is 2. The fourth-order valence-corrected chi connectivity index (χ4v) is 3.67. The van der Waals surface area contributed by atoms with E-state index in [0.29, 0.717) is 6.42 Å². The number of ether oxygens (including phenoxy) is 1. The number of aliphatic hydroxyl groups is 2. The Morgan fingerprint density at radius 2 is 1.04 bits per heavy atom. The summed E-state index contributed by atoms with van der Waals surface area (Å²) in [5, 5.41) is 19.1. The third kappa shape index (κ3) is 16.4. The molecule has 0 unspecified atom stereocenters. The SMILES string of the molecule is CCCCCCCCCCCCCCCCCCC(CO)(CO)COC(C)=O. The molecule has 0 rings (SSSR count). The molecule has 0 aromatic heterocycles. The molecule has 0 atom stereocenters. The minimum absolute atomic E-state index is 0.105. The van der Waals surface area contributed by atoms with Crippen molar-refractivity contribution in [2.45, 2.75) is 123 Å². The van der Waals surface area contributed by atoms with E-state index < -0.39 is 5.41 Å². The number of unbranched alkanes of at least 4 members (excludes halogenated alkanes) is 15. The average Bonchev–Trinajstić information content (AvgIpc) is 2.70. The van der Waals surface area contributed by atoms with Gasteiger partial charge < -0.3 is 14.9 Å². The van der Waals surface area contributed by atoms with Crippen LogP contribution in [-0.4, -0.2) is 36.0 Å². The van der Waals surface area contributed by atoms with E-state index in [0.717, 1.165) is 12.8 Å². The maximum atomic E-state index is 11.0. The lowest BCUT2D eigenvalue weighted by Crippen LogP contribution is -2.35. The first-order valence-corrected chi connectivity index (χ1v) is 12.0. The van der Waals surface area contributed by atoms with E-state index >= 15 is 0 Å². The molecule has 2 N–H and O–H groups in total. The summed E-state index contributed by atoms with van der Waals surface area (Å²) in [6.45, 7) is 3.44. The van der Waals surface area contributed by atoms with Crippen LogP contribution >= 0.6 is 0 Å². The van der Waals surface area contributed by atoms with Gasteiger partial charge in [-0.05, 0) is 6.42 Å². The number of carbonyl (C=O) groups excluding carboxylic acids is 1. The molecule has 0 aliphatic rings. The standard InChI is InChI=1S/C24H48O4/c1-3-4-5-6-7-8-9-10-11-12-13-14-15-16-17-18-19-24(20-25,21-26)22-28-23(2)27/h25-26H,3-22H2,1-2H3. The Balaban J connectivity index is 3.43. The van der Waals surface area contributed by atoms with Crippen molar-refractivity contribution in [3.05, 3.63) is 0 Å². The molecule has 4 heteroatoms. The summed E-state index contributed by atoms with van der Waals surface area (Å²) in [5.74, 6) is -0.363. The minimum atomic E-state index is -0.679. The van der Waals surface area contributed by atoms with Crippen LogP contribution in [0.1, 0.15) is 123 Å². The molecule has 0 saturated carbocycles. The lowest BCUT2D eigenvalue weighted by Gasteiger charge is -2.29. The van der Waals surface area contributed by atoms with Gasteiger partial charge in [0.15, 0.2) is 0 Å². The molecule has 4 nitrogen and oxygen atoms in total. The first-order valence-electron chi connectivity index (χ1n) is 12.0. The highest BCUT2D eigenvalue weighted by Crippen LogP contribution is 2.25. The van der Waals surface area contributed by atoms with Crippen molar-refractivity contribution in [1.29, 1.82) is 0 Å². The topological polar surface area (TPSA) is 66.8 Å². The molecule has 0 aromatic rings.